The Morgan fingerprint density at radius 1 is 1.30 bits per heavy atom. The van der Waals surface area contributed by atoms with Crippen molar-refractivity contribution in [3.05, 3.63) is 41.8 Å². The van der Waals surface area contributed by atoms with Crippen molar-refractivity contribution in [1.82, 2.24) is 20.1 Å². The summed E-state index contributed by atoms with van der Waals surface area (Å²) in [5.74, 6) is 0.798. The quantitative estimate of drug-likeness (QED) is 0.892. The lowest BCUT2D eigenvalue weighted by Crippen LogP contribution is -2.57. The van der Waals surface area contributed by atoms with Crippen LogP contribution in [-0.4, -0.2) is 65.4 Å². The van der Waals surface area contributed by atoms with E-state index in [0.717, 1.165) is 31.6 Å². The molecule has 2 saturated heterocycles. The van der Waals surface area contributed by atoms with E-state index in [4.69, 9.17) is 4.42 Å². The third-order valence-corrected chi connectivity index (χ3v) is 5.34. The number of pyridine rings is 1. The Morgan fingerprint density at radius 3 is 2.93 bits per heavy atom. The smallest absolute Gasteiger partial charge is 0.255 e. The maximum atomic E-state index is 13.1. The molecule has 7 nitrogen and oxygen atoms in total. The van der Waals surface area contributed by atoms with Crippen LogP contribution in [0.3, 0.4) is 0 Å². The van der Waals surface area contributed by atoms with Crippen LogP contribution in [0.1, 0.15) is 28.9 Å². The summed E-state index contributed by atoms with van der Waals surface area (Å²) in [5.41, 5.74) is 2.02. The number of carbonyl (C=O) groups is 2. The molecule has 4 heterocycles. The number of rotatable bonds is 3. The van der Waals surface area contributed by atoms with Crippen molar-refractivity contribution in [3.8, 4) is 11.5 Å². The minimum Gasteiger partial charge on any atom is -0.463 e. The van der Waals surface area contributed by atoms with Gasteiger partial charge in [0.05, 0.1) is 24.1 Å². The van der Waals surface area contributed by atoms with Gasteiger partial charge in [-0.25, -0.2) is 4.98 Å². The molecule has 0 saturated carbocycles. The predicted octanol–water partition coefficient (Wildman–Crippen LogP) is 1.69. The Hall–Kier alpha value is -2.67. The average molecular weight is 368 g/mol. The first kappa shape index (κ1) is 17.7. The van der Waals surface area contributed by atoms with Crippen LogP contribution in [0.25, 0.3) is 11.5 Å². The number of hydrogen-bond donors (Lipinski definition) is 1. The second kappa shape index (κ2) is 7.52. The summed E-state index contributed by atoms with van der Waals surface area (Å²) < 4.78 is 5.38. The van der Waals surface area contributed by atoms with Crippen LogP contribution in [0, 0.1) is 6.92 Å². The van der Waals surface area contributed by atoms with Gasteiger partial charge in [-0.05, 0) is 44.0 Å². The number of piperazine rings is 1. The molecule has 2 aromatic heterocycles. The fourth-order valence-electron chi connectivity index (χ4n) is 3.92. The summed E-state index contributed by atoms with van der Waals surface area (Å²) in [6.45, 7) is 5.07. The molecule has 2 aliphatic heterocycles. The maximum Gasteiger partial charge on any atom is 0.255 e. The van der Waals surface area contributed by atoms with Gasteiger partial charge < -0.3 is 19.5 Å². The van der Waals surface area contributed by atoms with E-state index in [-0.39, 0.29) is 17.9 Å². The molecule has 142 valence electrons. The number of nitrogens with zero attached hydrogens (tertiary/aromatic N) is 3. The van der Waals surface area contributed by atoms with Crippen molar-refractivity contribution in [2.45, 2.75) is 25.8 Å². The van der Waals surface area contributed by atoms with E-state index < -0.39 is 0 Å². The van der Waals surface area contributed by atoms with Gasteiger partial charge in [-0.1, -0.05) is 0 Å². The number of carbonyl (C=O) groups excluding carboxylic acids is 2. The lowest BCUT2D eigenvalue weighted by molar-refractivity contribution is -0.135. The Balaban J connectivity index is 1.49. The minimum absolute atomic E-state index is 0.0155. The zero-order valence-corrected chi connectivity index (χ0v) is 15.5. The molecule has 2 aromatic rings. The molecule has 4 rings (SSSR count). The zero-order chi connectivity index (χ0) is 18.8. The Labute approximate surface area is 158 Å². The highest BCUT2D eigenvalue weighted by molar-refractivity contribution is 5.95. The van der Waals surface area contributed by atoms with Crippen LogP contribution in [0.5, 0.6) is 0 Å². The first-order chi connectivity index (χ1) is 13.1. The van der Waals surface area contributed by atoms with Crippen molar-refractivity contribution in [2.24, 2.45) is 0 Å². The number of nitrogens with one attached hydrogen (secondary N) is 1. The number of piperidine rings is 1. The monoisotopic (exact) mass is 368 g/mol. The van der Waals surface area contributed by atoms with Crippen LogP contribution in [0.15, 0.2) is 34.9 Å². The van der Waals surface area contributed by atoms with Crippen LogP contribution in [0.2, 0.25) is 0 Å². The molecule has 2 aliphatic rings. The molecule has 0 aromatic carbocycles. The fourth-order valence-corrected chi connectivity index (χ4v) is 3.92. The van der Waals surface area contributed by atoms with Gasteiger partial charge in [-0.15, -0.1) is 0 Å². The Morgan fingerprint density at radius 2 is 2.19 bits per heavy atom. The lowest BCUT2D eigenvalue weighted by atomic mass is 10.0. The molecular formula is C20H24N4O3. The molecule has 0 radical (unpaired) electrons. The normalized spacial score (nSPS) is 20.8. The Kier molecular flexibility index (Phi) is 4.94. The van der Waals surface area contributed by atoms with Gasteiger partial charge >= 0.3 is 0 Å². The summed E-state index contributed by atoms with van der Waals surface area (Å²) in [6, 6.07) is 7.41. The van der Waals surface area contributed by atoms with Crippen molar-refractivity contribution >= 4 is 11.8 Å². The van der Waals surface area contributed by atoms with Gasteiger partial charge in [0, 0.05) is 32.2 Å². The zero-order valence-electron chi connectivity index (χ0n) is 15.5. The lowest BCUT2D eigenvalue weighted by Gasteiger charge is -2.41. The number of hydrogen-bond acceptors (Lipinski definition) is 5. The van der Waals surface area contributed by atoms with Gasteiger partial charge in [0.15, 0.2) is 5.76 Å². The first-order valence-electron chi connectivity index (χ1n) is 9.44. The van der Waals surface area contributed by atoms with E-state index in [9.17, 15) is 9.59 Å². The number of aromatic nitrogens is 1. The van der Waals surface area contributed by atoms with Crippen molar-refractivity contribution in [2.75, 3.05) is 32.7 Å². The van der Waals surface area contributed by atoms with Crippen LogP contribution in [-0.2, 0) is 4.79 Å². The summed E-state index contributed by atoms with van der Waals surface area (Å²) in [5, 5.41) is 3.10. The minimum atomic E-state index is -0.0155. The molecule has 27 heavy (non-hydrogen) atoms. The molecular weight excluding hydrogens is 344 g/mol. The molecule has 0 spiro atoms. The van der Waals surface area contributed by atoms with Crippen molar-refractivity contribution < 1.29 is 14.0 Å². The Bertz CT molecular complexity index is 834. The van der Waals surface area contributed by atoms with Gasteiger partial charge in [-0.3, -0.25) is 9.59 Å². The molecule has 2 fully saturated rings. The summed E-state index contributed by atoms with van der Waals surface area (Å²) >= 11 is 0. The second-order valence-electron chi connectivity index (χ2n) is 7.12. The highest BCUT2D eigenvalue weighted by Crippen LogP contribution is 2.23. The van der Waals surface area contributed by atoms with Gasteiger partial charge in [0.25, 0.3) is 5.91 Å². The van der Waals surface area contributed by atoms with E-state index in [0.29, 0.717) is 36.7 Å². The van der Waals surface area contributed by atoms with Crippen molar-refractivity contribution in [3.63, 3.8) is 0 Å². The van der Waals surface area contributed by atoms with Crippen LogP contribution >= 0.6 is 0 Å². The van der Waals surface area contributed by atoms with E-state index in [1.54, 1.807) is 6.26 Å². The number of likely N-dealkylation sites (tertiary alicyclic amines) is 1. The second-order valence-corrected chi connectivity index (χ2v) is 7.12. The van der Waals surface area contributed by atoms with Gasteiger partial charge in [0.1, 0.15) is 5.69 Å². The molecule has 0 bridgehead atoms. The molecule has 1 unspecified atom stereocenters. The third kappa shape index (κ3) is 3.60. The average Bonchev–Trinajstić information content (AvgIpc) is 3.23. The summed E-state index contributed by atoms with van der Waals surface area (Å²) in [4.78, 5) is 33.6. The van der Waals surface area contributed by atoms with Crippen molar-refractivity contribution in [1.29, 1.82) is 0 Å². The summed E-state index contributed by atoms with van der Waals surface area (Å²) in [6.07, 6.45) is 3.46. The predicted molar refractivity (Wildman–Crippen MR) is 100 cm³/mol. The molecule has 0 aliphatic carbocycles. The largest absolute Gasteiger partial charge is 0.463 e. The number of amides is 2. The number of furan rings is 1. The topological polar surface area (TPSA) is 78.7 Å². The number of aryl methyl sites for hydroxylation is 1. The highest BCUT2D eigenvalue weighted by atomic mass is 16.3. The standard InChI is InChI=1S/C20H24N4O3/c1-14-16(6-7-17(22-14)18-5-3-11-27-18)20(26)23-9-2-4-15(13-23)24-10-8-21-12-19(24)25/h3,5-7,11,15,21H,2,4,8-10,12-13H2,1H3. The van der Waals surface area contributed by atoms with E-state index in [2.05, 4.69) is 10.3 Å². The molecule has 1 atom stereocenters. The van der Waals surface area contributed by atoms with Crippen LogP contribution < -0.4 is 5.32 Å². The maximum absolute atomic E-state index is 13.1. The SMILES string of the molecule is Cc1nc(-c2ccco2)ccc1C(=O)N1CCCC(N2CCNCC2=O)C1. The molecule has 2 amide bonds. The molecule has 7 heteroatoms. The molecule has 1 N–H and O–H groups in total. The first-order valence-corrected chi connectivity index (χ1v) is 9.44. The third-order valence-electron chi connectivity index (χ3n) is 5.34. The highest BCUT2D eigenvalue weighted by Gasteiger charge is 2.32. The summed E-state index contributed by atoms with van der Waals surface area (Å²) in [7, 11) is 0. The van der Waals surface area contributed by atoms with Gasteiger partial charge in [-0.2, -0.15) is 0 Å². The van der Waals surface area contributed by atoms with E-state index >= 15 is 0 Å². The van der Waals surface area contributed by atoms with E-state index in [1.807, 2.05) is 41.0 Å². The van der Waals surface area contributed by atoms with Gasteiger partial charge in [0.2, 0.25) is 5.91 Å². The van der Waals surface area contributed by atoms with Crippen LogP contribution in [0.4, 0.5) is 0 Å². The van der Waals surface area contributed by atoms with E-state index in [1.165, 1.54) is 0 Å². The fraction of sp³-hybridized carbons (Fsp3) is 0.450.